The van der Waals surface area contributed by atoms with E-state index in [4.69, 9.17) is 0 Å². The van der Waals surface area contributed by atoms with Crippen LogP contribution in [-0.2, 0) is 4.79 Å². The van der Waals surface area contributed by atoms with Crippen LogP contribution in [0.25, 0.3) is 5.69 Å². The number of phenolic OH excluding ortho intramolecular Hbond substituents is 1. The third kappa shape index (κ3) is 4.13. The van der Waals surface area contributed by atoms with Gasteiger partial charge in [0.25, 0.3) is 0 Å². The quantitative estimate of drug-likeness (QED) is 0.680. The molecule has 1 amide bonds. The predicted octanol–water partition coefficient (Wildman–Crippen LogP) is 2.63. The van der Waals surface area contributed by atoms with E-state index in [0.717, 1.165) is 0 Å². The SMILES string of the molecule is C[C@H](Sc1nnnn1-c1ccc(O)cc1)C(=O)Nc1ccc(F)cc1. The van der Waals surface area contributed by atoms with Gasteiger partial charge in [-0.25, -0.2) is 4.39 Å². The maximum Gasteiger partial charge on any atom is 0.237 e. The Morgan fingerprint density at radius 3 is 2.56 bits per heavy atom. The monoisotopic (exact) mass is 359 g/mol. The van der Waals surface area contributed by atoms with Gasteiger partial charge in [-0.05, 0) is 65.9 Å². The Kier molecular flexibility index (Phi) is 4.94. The first-order valence-electron chi connectivity index (χ1n) is 7.34. The van der Waals surface area contributed by atoms with Gasteiger partial charge in [0.05, 0.1) is 10.9 Å². The minimum absolute atomic E-state index is 0.137. The first-order chi connectivity index (χ1) is 12.0. The number of amides is 1. The molecule has 128 valence electrons. The van der Waals surface area contributed by atoms with Gasteiger partial charge in [0, 0.05) is 5.69 Å². The van der Waals surface area contributed by atoms with Gasteiger partial charge in [-0.2, -0.15) is 4.68 Å². The Balaban J connectivity index is 1.70. The largest absolute Gasteiger partial charge is 0.508 e. The van der Waals surface area contributed by atoms with E-state index in [0.29, 0.717) is 16.5 Å². The highest BCUT2D eigenvalue weighted by Gasteiger charge is 2.19. The second-order valence-corrected chi connectivity index (χ2v) is 6.45. The molecule has 0 spiro atoms. The van der Waals surface area contributed by atoms with Gasteiger partial charge in [0.2, 0.25) is 11.1 Å². The van der Waals surface area contributed by atoms with Crippen LogP contribution in [0.4, 0.5) is 10.1 Å². The van der Waals surface area contributed by atoms with Gasteiger partial charge in [0.1, 0.15) is 11.6 Å². The topological polar surface area (TPSA) is 92.9 Å². The molecular formula is C16H14FN5O2S. The van der Waals surface area contributed by atoms with E-state index in [2.05, 4.69) is 20.8 Å². The summed E-state index contributed by atoms with van der Waals surface area (Å²) in [5, 5.41) is 23.5. The zero-order chi connectivity index (χ0) is 17.8. The lowest BCUT2D eigenvalue weighted by atomic mass is 10.3. The van der Waals surface area contributed by atoms with Gasteiger partial charge in [-0.3, -0.25) is 4.79 Å². The van der Waals surface area contributed by atoms with Gasteiger partial charge in [-0.1, -0.05) is 11.8 Å². The fourth-order valence-corrected chi connectivity index (χ4v) is 2.80. The highest BCUT2D eigenvalue weighted by Crippen LogP contribution is 2.24. The third-order valence-electron chi connectivity index (χ3n) is 3.30. The minimum atomic E-state index is -0.480. The van der Waals surface area contributed by atoms with Crippen LogP contribution in [-0.4, -0.2) is 36.5 Å². The summed E-state index contributed by atoms with van der Waals surface area (Å²) in [7, 11) is 0. The molecule has 3 aromatic rings. The molecule has 0 bridgehead atoms. The number of aromatic nitrogens is 4. The first kappa shape index (κ1) is 16.9. The van der Waals surface area contributed by atoms with E-state index >= 15 is 0 Å². The summed E-state index contributed by atoms with van der Waals surface area (Å²) in [6, 6.07) is 11.9. The van der Waals surface area contributed by atoms with Crippen molar-refractivity contribution >= 4 is 23.4 Å². The van der Waals surface area contributed by atoms with Crippen LogP contribution in [0.5, 0.6) is 5.75 Å². The van der Waals surface area contributed by atoms with E-state index < -0.39 is 5.25 Å². The molecule has 0 saturated heterocycles. The molecule has 0 fully saturated rings. The van der Waals surface area contributed by atoms with Gasteiger partial charge in [-0.15, -0.1) is 5.10 Å². The maximum absolute atomic E-state index is 12.9. The Bertz CT molecular complexity index is 867. The lowest BCUT2D eigenvalue weighted by Crippen LogP contribution is -2.22. The molecule has 2 N–H and O–H groups in total. The number of carbonyl (C=O) groups is 1. The number of hydrogen-bond acceptors (Lipinski definition) is 6. The minimum Gasteiger partial charge on any atom is -0.508 e. The van der Waals surface area contributed by atoms with Crippen LogP contribution in [0.1, 0.15) is 6.92 Å². The molecule has 1 aromatic heterocycles. The number of aromatic hydroxyl groups is 1. The molecule has 0 aliphatic rings. The number of nitrogens with one attached hydrogen (secondary N) is 1. The average molecular weight is 359 g/mol. The van der Waals surface area contributed by atoms with Crippen LogP contribution in [0.2, 0.25) is 0 Å². The molecule has 0 radical (unpaired) electrons. The van der Waals surface area contributed by atoms with Crippen molar-refractivity contribution in [1.82, 2.24) is 20.2 Å². The molecule has 0 unspecified atom stereocenters. The summed E-state index contributed by atoms with van der Waals surface area (Å²) >= 11 is 1.18. The van der Waals surface area contributed by atoms with Crippen molar-refractivity contribution in [3.8, 4) is 11.4 Å². The zero-order valence-electron chi connectivity index (χ0n) is 13.1. The number of hydrogen-bond donors (Lipinski definition) is 2. The molecule has 0 aliphatic heterocycles. The predicted molar refractivity (Wildman–Crippen MR) is 91.2 cm³/mol. The summed E-state index contributed by atoms with van der Waals surface area (Å²) in [6.45, 7) is 1.72. The maximum atomic E-state index is 12.9. The van der Waals surface area contributed by atoms with Crippen molar-refractivity contribution in [1.29, 1.82) is 0 Å². The Labute approximate surface area is 146 Å². The van der Waals surface area contributed by atoms with E-state index in [1.165, 1.54) is 52.8 Å². The van der Waals surface area contributed by atoms with Crippen LogP contribution >= 0.6 is 11.8 Å². The van der Waals surface area contributed by atoms with Crippen LogP contribution in [0, 0.1) is 5.82 Å². The van der Waals surface area contributed by atoms with E-state index in [-0.39, 0.29) is 17.5 Å². The lowest BCUT2D eigenvalue weighted by Gasteiger charge is -2.11. The van der Waals surface area contributed by atoms with Crippen molar-refractivity contribution in [2.45, 2.75) is 17.3 Å². The normalized spacial score (nSPS) is 11.9. The Morgan fingerprint density at radius 1 is 1.20 bits per heavy atom. The van der Waals surface area contributed by atoms with Crippen LogP contribution < -0.4 is 5.32 Å². The number of rotatable bonds is 5. The van der Waals surface area contributed by atoms with E-state index in [1.54, 1.807) is 19.1 Å². The number of halogens is 1. The molecule has 1 atom stereocenters. The van der Waals surface area contributed by atoms with Crippen molar-refractivity contribution in [3.63, 3.8) is 0 Å². The van der Waals surface area contributed by atoms with Gasteiger partial charge in [0.15, 0.2) is 0 Å². The number of benzene rings is 2. The highest BCUT2D eigenvalue weighted by molar-refractivity contribution is 8.00. The molecule has 2 aromatic carbocycles. The molecule has 25 heavy (non-hydrogen) atoms. The summed E-state index contributed by atoms with van der Waals surface area (Å²) in [5.41, 5.74) is 1.17. The standard InChI is InChI=1S/C16H14FN5O2S/c1-10(15(24)18-12-4-2-11(17)3-5-12)25-16-19-20-21-22(16)13-6-8-14(23)9-7-13/h2-10,23H,1H3,(H,18,24)/t10-/m0/s1. The fourth-order valence-electron chi connectivity index (χ4n) is 2.00. The fraction of sp³-hybridized carbons (Fsp3) is 0.125. The van der Waals surface area contributed by atoms with Gasteiger partial charge < -0.3 is 10.4 Å². The van der Waals surface area contributed by atoms with Crippen molar-refractivity contribution in [3.05, 3.63) is 54.3 Å². The number of carbonyl (C=O) groups excluding carboxylic acids is 1. The summed E-state index contributed by atoms with van der Waals surface area (Å²) in [5.74, 6) is -0.483. The number of nitrogens with zero attached hydrogens (tertiary/aromatic N) is 4. The Hall–Kier alpha value is -2.94. The van der Waals surface area contributed by atoms with E-state index in [1.807, 2.05) is 0 Å². The zero-order valence-corrected chi connectivity index (χ0v) is 13.9. The number of phenols is 1. The number of thioether (sulfide) groups is 1. The molecule has 9 heteroatoms. The van der Waals surface area contributed by atoms with Crippen molar-refractivity contribution in [2.24, 2.45) is 0 Å². The molecule has 1 heterocycles. The highest BCUT2D eigenvalue weighted by atomic mass is 32.2. The van der Waals surface area contributed by atoms with Crippen LogP contribution in [0.3, 0.4) is 0 Å². The van der Waals surface area contributed by atoms with E-state index in [9.17, 15) is 14.3 Å². The smallest absolute Gasteiger partial charge is 0.237 e. The number of anilines is 1. The van der Waals surface area contributed by atoms with Crippen molar-refractivity contribution < 1.29 is 14.3 Å². The van der Waals surface area contributed by atoms with Gasteiger partial charge >= 0.3 is 0 Å². The molecule has 7 nitrogen and oxygen atoms in total. The third-order valence-corrected chi connectivity index (χ3v) is 4.33. The Morgan fingerprint density at radius 2 is 1.88 bits per heavy atom. The molecule has 3 rings (SSSR count). The molecular weight excluding hydrogens is 345 g/mol. The lowest BCUT2D eigenvalue weighted by molar-refractivity contribution is -0.115. The summed E-state index contributed by atoms with van der Waals surface area (Å²) < 4.78 is 14.4. The van der Waals surface area contributed by atoms with Crippen LogP contribution in [0.15, 0.2) is 53.7 Å². The number of tetrazole rings is 1. The molecule has 0 saturated carbocycles. The first-order valence-corrected chi connectivity index (χ1v) is 8.22. The second-order valence-electron chi connectivity index (χ2n) is 5.15. The summed E-state index contributed by atoms with van der Waals surface area (Å²) in [6.07, 6.45) is 0. The second kappa shape index (κ2) is 7.31. The summed E-state index contributed by atoms with van der Waals surface area (Å²) in [4.78, 5) is 12.3. The average Bonchev–Trinajstić information content (AvgIpc) is 3.05. The van der Waals surface area contributed by atoms with Crippen molar-refractivity contribution in [2.75, 3.05) is 5.32 Å². The molecule has 0 aliphatic carbocycles.